The molecule has 1 fully saturated rings. The highest BCUT2D eigenvalue weighted by atomic mass is 35.5. The lowest BCUT2D eigenvalue weighted by Gasteiger charge is -2.35. The van der Waals surface area contributed by atoms with E-state index in [-0.39, 0.29) is 12.1 Å². The normalized spacial score (nSPS) is 17.8. The van der Waals surface area contributed by atoms with Gasteiger partial charge in [0.15, 0.2) is 0 Å². The summed E-state index contributed by atoms with van der Waals surface area (Å²) in [4.78, 5) is 6.72. The van der Waals surface area contributed by atoms with Gasteiger partial charge >= 0.3 is 0 Å². The lowest BCUT2D eigenvalue weighted by molar-refractivity contribution is 0.0242. The fraction of sp³-hybridized carbons (Fsp3) is 0.250. The standard InChI is InChI=1S/C32H30Cl2N8O/c1-2-41-12-11-28(29(43)19-41)42-18-27(39-40-42)31(20-7-4-3-5-8-20)38-24-14-25-30(37-23-10-6-9-22(33)13-23)21(16-35)17-36-32(25)26(34)15-24/h3-10,13-15,17-18,28-29,31,38,43H,2,11-12,19H2,1H3,(H,36,37)/t28?,29-,31+/m1/s1. The Morgan fingerprint density at radius 2 is 1.93 bits per heavy atom. The highest BCUT2D eigenvalue weighted by Gasteiger charge is 2.30. The molecule has 0 spiro atoms. The molecule has 218 valence electrons. The maximum atomic E-state index is 10.8. The van der Waals surface area contributed by atoms with Crippen LogP contribution in [0.3, 0.4) is 0 Å². The molecule has 5 aromatic rings. The van der Waals surface area contributed by atoms with Gasteiger partial charge in [-0.15, -0.1) is 5.10 Å². The van der Waals surface area contributed by atoms with Crippen LogP contribution in [0.5, 0.6) is 0 Å². The summed E-state index contributed by atoms with van der Waals surface area (Å²) in [6.45, 7) is 4.51. The minimum Gasteiger partial charge on any atom is -0.390 e. The second kappa shape index (κ2) is 12.6. The Labute approximate surface area is 259 Å². The van der Waals surface area contributed by atoms with E-state index >= 15 is 0 Å². The van der Waals surface area contributed by atoms with Crippen molar-refractivity contribution in [2.45, 2.75) is 31.5 Å². The minimum atomic E-state index is -0.530. The first kappa shape index (κ1) is 28.9. The van der Waals surface area contributed by atoms with Crippen molar-refractivity contribution < 1.29 is 5.11 Å². The monoisotopic (exact) mass is 612 g/mol. The maximum absolute atomic E-state index is 10.8. The molecule has 6 rings (SSSR count). The van der Waals surface area contributed by atoms with Crippen molar-refractivity contribution in [3.8, 4) is 6.07 Å². The van der Waals surface area contributed by atoms with Crippen molar-refractivity contribution in [3.05, 3.63) is 106 Å². The molecule has 3 N–H and O–H groups in total. The van der Waals surface area contributed by atoms with E-state index in [4.69, 9.17) is 23.2 Å². The summed E-state index contributed by atoms with van der Waals surface area (Å²) in [5.41, 5.74) is 4.64. The zero-order valence-electron chi connectivity index (χ0n) is 23.5. The lowest BCUT2D eigenvalue weighted by Crippen LogP contribution is -2.44. The average Bonchev–Trinajstić information content (AvgIpc) is 3.50. The first-order chi connectivity index (χ1) is 20.9. The molecule has 1 aliphatic rings. The number of likely N-dealkylation sites (N-methyl/N-ethyl adjacent to an activating group) is 1. The van der Waals surface area contributed by atoms with E-state index in [1.807, 2.05) is 60.8 Å². The van der Waals surface area contributed by atoms with Crippen LogP contribution in [0.1, 0.15) is 42.2 Å². The minimum absolute atomic E-state index is 0.147. The van der Waals surface area contributed by atoms with E-state index in [1.54, 1.807) is 16.8 Å². The SMILES string of the molecule is CCN1CCC(n2cc([C@@H](Nc3cc(Cl)c4ncc(C#N)c(Nc5cccc(Cl)c5)c4c3)c3ccccc3)nn2)[C@H](O)C1. The summed E-state index contributed by atoms with van der Waals surface area (Å²) in [5, 5.41) is 38.4. The van der Waals surface area contributed by atoms with Gasteiger partial charge < -0.3 is 20.6 Å². The highest BCUT2D eigenvalue weighted by molar-refractivity contribution is 6.36. The molecule has 1 aliphatic heterocycles. The van der Waals surface area contributed by atoms with Crippen molar-refractivity contribution in [3.63, 3.8) is 0 Å². The Balaban J connectivity index is 1.38. The van der Waals surface area contributed by atoms with E-state index in [9.17, 15) is 10.4 Å². The number of aliphatic hydroxyl groups is 1. The van der Waals surface area contributed by atoms with Crippen LogP contribution in [-0.2, 0) is 0 Å². The van der Waals surface area contributed by atoms with Gasteiger partial charge in [-0.25, -0.2) is 4.68 Å². The number of hydrogen-bond acceptors (Lipinski definition) is 8. The number of nitrogens with one attached hydrogen (secondary N) is 2. The van der Waals surface area contributed by atoms with Crippen LogP contribution in [0.4, 0.5) is 17.1 Å². The number of piperidine rings is 1. The smallest absolute Gasteiger partial charge is 0.109 e. The number of anilines is 3. The molecular formula is C32H30Cl2N8O. The summed E-state index contributed by atoms with van der Waals surface area (Å²) in [6.07, 6.45) is 3.68. The molecule has 3 heterocycles. The third-order valence-electron chi connectivity index (χ3n) is 7.82. The van der Waals surface area contributed by atoms with Crippen LogP contribution in [-0.4, -0.2) is 55.7 Å². The Morgan fingerprint density at radius 3 is 2.67 bits per heavy atom. The predicted octanol–water partition coefficient (Wildman–Crippen LogP) is 6.58. The molecule has 2 aromatic heterocycles. The van der Waals surface area contributed by atoms with Gasteiger partial charge in [0.25, 0.3) is 0 Å². The van der Waals surface area contributed by atoms with Crippen molar-refractivity contribution in [2.75, 3.05) is 30.3 Å². The Bertz CT molecular complexity index is 1790. The van der Waals surface area contributed by atoms with Crippen LogP contribution in [0.15, 0.2) is 79.1 Å². The number of hydrogen-bond donors (Lipinski definition) is 3. The van der Waals surface area contributed by atoms with Gasteiger partial charge in [-0.1, -0.05) is 71.7 Å². The molecule has 1 unspecified atom stereocenters. The summed E-state index contributed by atoms with van der Waals surface area (Å²) >= 11 is 13.0. The number of nitrogens with zero attached hydrogens (tertiary/aromatic N) is 6. The summed E-state index contributed by atoms with van der Waals surface area (Å²) in [6, 6.07) is 22.7. The summed E-state index contributed by atoms with van der Waals surface area (Å²) in [5.74, 6) is 0. The number of nitriles is 1. The summed E-state index contributed by atoms with van der Waals surface area (Å²) < 4.78 is 1.79. The molecule has 3 atom stereocenters. The lowest BCUT2D eigenvalue weighted by atomic mass is 10.0. The van der Waals surface area contributed by atoms with Crippen LogP contribution >= 0.6 is 23.2 Å². The van der Waals surface area contributed by atoms with Crippen LogP contribution in [0.25, 0.3) is 10.9 Å². The number of benzene rings is 3. The van der Waals surface area contributed by atoms with Gasteiger partial charge in [-0.3, -0.25) is 4.98 Å². The van der Waals surface area contributed by atoms with E-state index in [0.717, 1.165) is 30.8 Å². The number of aliphatic hydroxyl groups excluding tert-OH is 1. The molecule has 3 aromatic carbocycles. The van der Waals surface area contributed by atoms with Gasteiger partial charge in [0, 0.05) is 41.1 Å². The number of likely N-dealkylation sites (tertiary alicyclic amines) is 1. The predicted molar refractivity (Wildman–Crippen MR) is 170 cm³/mol. The van der Waals surface area contributed by atoms with Gasteiger partial charge in [0.1, 0.15) is 11.8 Å². The molecule has 0 saturated carbocycles. The fourth-order valence-electron chi connectivity index (χ4n) is 5.58. The first-order valence-electron chi connectivity index (χ1n) is 14.1. The molecule has 0 aliphatic carbocycles. The number of halogens is 2. The number of aromatic nitrogens is 4. The van der Waals surface area contributed by atoms with Crippen LogP contribution < -0.4 is 10.6 Å². The summed E-state index contributed by atoms with van der Waals surface area (Å²) in [7, 11) is 0. The quantitative estimate of drug-likeness (QED) is 0.180. The Morgan fingerprint density at radius 1 is 1.09 bits per heavy atom. The van der Waals surface area contributed by atoms with E-state index in [0.29, 0.717) is 50.1 Å². The zero-order valence-corrected chi connectivity index (χ0v) is 25.0. The number of pyridine rings is 1. The molecule has 1 saturated heterocycles. The van der Waals surface area contributed by atoms with E-state index in [2.05, 4.69) is 43.8 Å². The molecule has 9 nitrogen and oxygen atoms in total. The number of β-amino-alcohol motifs (C(OH)–C–C–N with tert-alkyl or cyclic N) is 1. The first-order valence-corrected chi connectivity index (χ1v) is 14.9. The second-order valence-electron chi connectivity index (χ2n) is 10.6. The Hall–Kier alpha value is -4.20. The average molecular weight is 614 g/mol. The van der Waals surface area contributed by atoms with Gasteiger partial charge in [-0.05, 0) is 48.9 Å². The third kappa shape index (κ3) is 6.14. The molecule has 0 bridgehead atoms. The topological polar surface area (TPSA) is 115 Å². The maximum Gasteiger partial charge on any atom is 0.109 e. The fourth-order valence-corrected chi connectivity index (χ4v) is 6.04. The zero-order chi connectivity index (χ0) is 29.9. The third-order valence-corrected chi connectivity index (χ3v) is 8.35. The van der Waals surface area contributed by atoms with E-state index < -0.39 is 6.10 Å². The largest absolute Gasteiger partial charge is 0.390 e. The molecule has 0 radical (unpaired) electrons. The number of rotatable bonds is 8. The van der Waals surface area contributed by atoms with Crippen LogP contribution in [0.2, 0.25) is 10.0 Å². The highest BCUT2D eigenvalue weighted by Crippen LogP contribution is 2.37. The van der Waals surface area contributed by atoms with Crippen molar-refractivity contribution in [2.24, 2.45) is 0 Å². The van der Waals surface area contributed by atoms with E-state index in [1.165, 1.54) is 6.20 Å². The van der Waals surface area contributed by atoms with Gasteiger partial charge in [0.2, 0.25) is 0 Å². The molecule has 43 heavy (non-hydrogen) atoms. The van der Waals surface area contributed by atoms with Crippen molar-refractivity contribution >= 4 is 51.2 Å². The van der Waals surface area contributed by atoms with Gasteiger partial charge in [0.05, 0.1) is 46.2 Å². The van der Waals surface area contributed by atoms with Crippen LogP contribution in [0, 0.1) is 11.3 Å². The molecule has 11 heteroatoms. The second-order valence-corrected chi connectivity index (χ2v) is 11.4. The van der Waals surface area contributed by atoms with Crippen molar-refractivity contribution in [1.29, 1.82) is 5.26 Å². The molecule has 0 amide bonds. The molecular weight excluding hydrogens is 583 g/mol. The van der Waals surface area contributed by atoms with Crippen molar-refractivity contribution in [1.82, 2.24) is 24.9 Å². The Kier molecular flexibility index (Phi) is 8.45. The number of fused-ring (bicyclic) bond motifs is 1. The van der Waals surface area contributed by atoms with Gasteiger partial charge in [-0.2, -0.15) is 5.26 Å².